The molecule has 33 heavy (non-hydrogen) atoms. The Kier molecular flexibility index (Phi) is 10.3. The summed E-state index contributed by atoms with van der Waals surface area (Å²) < 4.78 is 16.7. The van der Waals surface area contributed by atoms with Crippen molar-refractivity contribution in [2.45, 2.75) is 65.2 Å². The molecule has 3 rings (SSSR count). The molecule has 1 aliphatic rings. The minimum absolute atomic E-state index is 0.394. The van der Waals surface area contributed by atoms with E-state index in [0.29, 0.717) is 30.4 Å². The summed E-state index contributed by atoms with van der Waals surface area (Å²) in [5, 5.41) is 0. The summed E-state index contributed by atoms with van der Waals surface area (Å²) in [5.41, 5.74) is 0.485. The average Bonchev–Trinajstić information content (AvgIpc) is 2.84. The van der Waals surface area contributed by atoms with Crippen LogP contribution in [0.3, 0.4) is 0 Å². The van der Waals surface area contributed by atoms with Gasteiger partial charge in [0.1, 0.15) is 23.9 Å². The van der Waals surface area contributed by atoms with Crippen LogP contribution in [0, 0.1) is 11.8 Å². The SMILES string of the molecule is CCCCCC1CCC(C=CCOc2ccc(OC(=O)c3ccc(OCC)cc3)cc2)CC1. The highest BCUT2D eigenvalue weighted by Gasteiger charge is 2.18. The number of carbonyl (C=O) groups excluding carboxylic acids is 1. The zero-order valence-corrected chi connectivity index (χ0v) is 20.1. The van der Waals surface area contributed by atoms with Crippen molar-refractivity contribution >= 4 is 5.97 Å². The van der Waals surface area contributed by atoms with Crippen LogP contribution in [-0.2, 0) is 0 Å². The van der Waals surface area contributed by atoms with Gasteiger partial charge < -0.3 is 14.2 Å². The molecule has 0 radical (unpaired) electrons. The lowest BCUT2D eigenvalue weighted by atomic mass is 9.79. The zero-order chi connectivity index (χ0) is 23.3. The summed E-state index contributed by atoms with van der Waals surface area (Å²) in [6, 6.07) is 14.1. The number of unbranched alkanes of at least 4 members (excludes halogenated alkanes) is 2. The highest BCUT2D eigenvalue weighted by molar-refractivity contribution is 5.91. The number of hydrogen-bond donors (Lipinski definition) is 0. The Morgan fingerprint density at radius 3 is 2.15 bits per heavy atom. The molecule has 0 aromatic heterocycles. The Labute approximate surface area is 198 Å². The summed E-state index contributed by atoms with van der Waals surface area (Å²) in [5.74, 6) is 3.24. The standard InChI is InChI=1S/C29H38O4/c1-3-5-6-8-23-10-12-24(13-11-23)9-7-22-32-27-18-20-28(21-19-27)33-29(30)25-14-16-26(17-15-25)31-4-2/h7,9,14-21,23-24H,3-6,8,10-13,22H2,1-2H3. The second-order valence-electron chi connectivity index (χ2n) is 8.83. The summed E-state index contributed by atoms with van der Waals surface area (Å²) in [6.07, 6.45) is 15.3. The van der Waals surface area contributed by atoms with E-state index in [0.717, 1.165) is 17.4 Å². The molecular weight excluding hydrogens is 412 g/mol. The van der Waals surface area contributed by atoms with E-state index in [4.69, 9.17) is 14.2 Å². The molecule has 0 N–H and O–H groups in total. The van der Waals surface area contributed by atoms with Crippen LogP contribution in [0.15, 0.2) is 60.7 Å². The van der Waals surface area contributed by atoms with E-state index >= 15 is 0 Å². The fourth-order valence-electron chi connectivity index (χ4n) is 4.37. The molecule has 0 amide bonds. The normalized spacial score (nSPS) is 18.2. The summed E-state index contributed by atoms with van der Waals surface area (Å²) >= 11 is 0. The lowest BCUT2D eigenvalue weighted by Crippen LogP contribution is -2.13. The Balaban J connectivity index is 1.36. The molecule has 2 aromatic rings. The van der Waals surface area contributed by atoms with Gasteiger partial charge >= 0.3 is 5.97 Å². The largest absolute Gasteiger partial charge is 0.494 e. The number of rotatable bonds is 12. The maximum absolute atomic E-state index is 12.3. The van der Waals surface area contributed by atoms with Gasteiger partial charge in [-0.25, -0.2) is 4.79 Å². The predicted octanol–water partition coefficient (Wildman–Crippen LogP) is 7.63. The first-order valence-corrected chi connectivity index (χ1v) is 12.5. The zero-order valence-electron chi connectivity index (χ0n) is 20.1. The van der Waals surface area contributed by atoms with Gasteiger partial charge in [-0.15, -0.1) is 0 Å². The van der Waals surface area contributed by atoms with Crippen LogP contribution in [0.25, 0.3) is 0 Å². The highest BCUT2D eigenvalue weighted by atomic mass is 16.5. The van der Waals surface area contributed by atoms with Crippen molar-refractivity contribution in [3.8, 4) is 17.2 Å². The lowest BCUT2D eigenvalue weighted by Gasteiger charge is -2.26. The van der Waals surface area contributed by atoms with Crippen LogP contribution >= 0.6 is 0 Å². The summed E-state index contributed by atoms with van der Waals surface area (Å²) in [4.78, 5) is 12.3. The number of allylic oxidation sites excluding steroid dienone is 1. The molecule has 0 aliphatic heterocycles. The van der Waals surface area contributed by atoms with E-state index in [2.05, 4.69) is 19.1 Å². The third-order valence-corrected chi connectivity index (χ3v) is 6.30. The van der Waals surface area contributed by atoms with E-state index in [1.54, 1.807) is 36.4 Å². The first-order valence-electron chi connectivity index (χ1n) is 12.5. The van der Waals surface area contributed by atoms with Crippen molar-refractivity contribution in [3.63, 3.8) is 0 Å². The molecule has 1 aliphatic carbocycles. The van der Waals surface area contributed by atoms with E-state index in [9.17, 15) is 4.79 Å². The average molecular weight is 451 g/mol. The van der Waals surface area contributed by atoms with Crippen molar-refractivity contribution in [2.75, 3.05) is 13.2 Å². The molecule has 1 fully saturated rings. The maximum atomic E-state index is 12.3. The monoisotopic (exact) mass is 450 g/mol. The highest BCUT2D eigenvalue weighted by Crippen LogP contribution is 2.32. The van der Waals surface area contributed by atoms with Gasteiger partial charge in [0.25, 0.3) is 0 Å². The predicted molar refractivity (Wildman–Crippen MR) is 133 cm³/mol. The van der Waals surface area contributed by atoms with Gasteiger partial charge in [0.05, 0.1) is 12.2 Å². The van der Waals surface area contributed by atoms with Crippen LogP contribution in [0.1, 0.15) is 75.6 Å². The topological polar surface area (TPSA) is 44.8 Å². The van der Waals surface area contributed by atoms with Crippen LogP contribution in [0.4, 0.5) is 0 Å². The van der Waals surface area contributed by atoms with E-state index in [1.165, 1.54) is 51.4 Å². The van der Waals surface area contributed by atoms with E-state index < -0.39 is 5.97 Å². The van der Waals surface area contributed by atoms with Crippen LogP contribution in [-0.4, -0.2) is 19.2 Å². The van der Waals surface area contributed by atoms with Crippen molar-refractivity contribution in [1.29, 1.82) is 0 Å². The summed E-state index contributed by atoms with van der Waals surface area (Å²) in [6.45, 7) is 5.35. The van der Waals surface area contributed by atoms with Crippen LogP contribution in [0.5, 0.6) is 17.2 Å². The van der Waals surface area contributed by atoms with Gasteiger partial charge in [-0.2, -0.15) is 0 Å². The molecule has 0 spiro atoms. The summed E-state index contributed by atoms with van der Waals surface area (Å²) in [7, 11) is 0. The third-order valence-electron chi connectivity index (χ3n) is 6.30. The molecule has 2 aromatic carbocycles. The molecule has 1 saturated carbocycles. The molecule has 0 unspecified atom stereocenters. The molecule has 0 atom stereocenters. The van der Waals surface area contributed by atoms with Crippen molar-refractivity contribution in [1.82, 2.24) is 0 Å². The number of ether oxygens (including phenoxy) is 3. The second-order valence-corrected chi connectivity index (χ2v) is 8.83. The molecule has 178 valence electrons. The molecule has 4 nitrogen and oxygen atoms in total. The first kappa shape index (κ1) is 24.9. The maximum Gasteiger partial charge on any atom is 0.343 e. The van der Waals surface area contributed by atoms with Crippen molar-refractivity contribution in [3.05, 3.63) is 66.2 Å². The van der Waals surface area contributed by atoms with Gasteiger partial charge in [-0.1, -0.05) is 44.8 Å². The lowest BCUT2D eigenvalue weighted by molar-refractivity contribution is 0.0734. The Morgan fingerprint density at radius 2 is 1.48 bits per heavy atom. The molecule has 0 saturated heterocycles. The van der Waals surface area contributed by atoms with E-state index in [-0.39, 0.29) is 0 Å². The van der Waals surface area contributed by atoms with Gasteiger partial charge in [-0.05, 0) is 93.0 Å². The Morgan fingerprint density at radius 1 is 0.848 bits per heavy atom. The third kappa shape index (κ3) is 8.60. The smallest absolute Gasteiger partial charge is 0.343 e. The molecular formula is C29H38O4. The molecule has 0 heterocycles. The first-order chi connectivity index (χ1) is 16.2. The minimum Gasteiger partial charge on any atom is -0.494 e. The van der Waals surface area contributed by atoms with Crippen LogP contribution in [0.2, 0.25) is 0 Å². The number of esters is 1. The van der Waals surface area contributed by atoms with Crippen LogP contribution < -0.4 is 14.2 Å². The number of benzene rings is 2. The fraction of sp³-hybridized carbons (Fsp3) is 0.483. The Hall–Kier alpha value is -2.75. The van der Waals surface area contributed by atoms with Gasteiger partial charge in [0.15, 0.2) is 0 Å². The second kappa shape index (κ2) is 13.7. The number of carbonyl (C=O) groups is 1. The van der Waals surface area contributed by atoms with Crippen molar-refractivity contribution in [2.24, 2.45) is 11.8 Å². The fourth-order valence-corrected chi connectivity index (χ4v) is 4.37. The van der Waals surface area contributed by atoms with Gasteiger partial charge in [-0.3, -0.25) is 0 Å². The van der Waals surface area contributed by atoms with Gasteiger partial charge in [0.2, 0.25) is 0 Å². The Bertz CT molecular complexity index is 846. The quantitative estimate of drug-likeness (QED) is 0.144. The minimum atomic E-state index is -0.394. The van der Waals surface area contributed by atoms with Gasteiger partial charge in [0, 0.05) is 0 Å². The number of hydrogen-bond acceptors (Lipinski definition) is 4. The molecule has 4 heteroatoms. The molecule has 0 bridgehead atoms. The van der Waals surface area contributed by atoms with E-state index in [1.807, 2.05) is 19.1 Å². The van der Waals surface area contributed by atoms with Crippen molar-refractivity contribution < 1.29 is 19.0 Å².